The molecule has 2 heterocycles. The minimum atomic E-state index is 0. The molecule has 2 N–H and O–H groups in total. The van der Waals surface area contributed by atoms with Gasteiger partial charge in [-0.2, -0.15) is 4.98 Å². The van der Waals surface area contributed by atoms with Gasteiger partial charge in [-0.3, -0.25) is 0 Å². The summed E-state index contributed by atoms with van der Waals surface area (Å²) in [7, 11) is 0. The highest BCUT2D eigenvalue weighted by Crippen LogP contribution is 2.25. The molecular formula is C21H25Cl2N5. The van der Waals surface area contributed by atoms with E-state index in [1.165, 1.54) is 25.9 Å². The lowest BCUT2D eigenvalue weighted by molar-refractivity contribution is 0.337. The van der Waals surface area contributed by atoms with Crippen LogP contribution in [0.4, 0.5) is 17.5 Å². The number of nitrogens with zero attached hydrogens (tertiary/aromatic N) is 3. The fourth-order valence-electron chi connectivity index (χ4n) is 3.43. The average molecular weight is 418 g/mol. The van der Waals surface area contributed by atoms with Crippen molar-refractivity contribution in [1.29, 1.82) is 0 Å². The Morgan fingerprint density at radius 1 is 0.964 bits per heavy atom. The fraction of sp³-hybridized carbons (Fsp3) is 0.333. The zero-order valence-electron chi connectivity index (χ0n) is 15.7. The Kier molecular flexibility index (Phi) is 7.31. The number of hydrogen-bond acceptors (Lipinski definition) is 5. The first-order valence-electron chi connectivity index (χ1n) is 9.53. The van der Waals surface area contributed by atoms with E-state index in [-0.39, 0.29) is 12.4 Å². The molecule has 148 valence electrons. The molecule has 0 spiro atoms. The number of nitrogens with one attached hydrogen (secondary N) is 2. The summed E-state index contributed by atoms with van der Waals surface area (Å²) in [5.41, 5.74) is 1.87. The molecule has 0 atom stereocenters. The molecule has 0 saturated carbocycles. The number of benzene rings is 2. The van der Waals surface area contributed by atoms with Crippen molar-refractivity contribution in [1.82, 2.24) is 14.9 Å². The van der Waals surface area contributed by atoms with E-state index in [2.05, 4.69) is 20.5 Å². The number of halogens is 2. The largest absolute Gasteiger partial charge is 0.354 e. The van der Waals surface area contributed by atoms with E-state index >= 15 is 0 Å². The lowest BCUT2D eigenvalue weighted by Crippen LogP contribution is -2.22. The summed E-state index contributed by atoms with van der Waals surface area (Å²) >= 11 is 5.99. The number of aromatic nitrogens is 2. The summed E-state index contributed by atoms with van der Waals surface area (Å²) in [5.74, 6) is 1.46. The molecule has 0 aliphatic carbocycles. The quantitative estimate of drug-likeness (QED) is 0.507. The maximum atomic E-state index is 5.99. The molecule has 2 aromatic carbocycles. The van der Waals surface area contributed by atoms with E-state index in [0.717, 1.165) is 41.9 Å². The first-order valence-corrected chi connectivity index (χ1v) is 9.91. The number of para-hydroxylation sites is 1. The number of rotatable bonds is 7. The number of fused-ring (bicyclic) bond motifs is 1. The van der Waals surface area contributed by atoms with Crippen LogP contribution in [0.1, 0.15) is 19.3 Å². The molecule has 0 amide bonds. The molecule has 7 heteroatoms. The van der Waals surface area contributed by atoms with Crippen molar-refractivity contribution in [3.05, 3.63) is 53.6 Å². The third-order valence-corrected chi connectivity index (χ3v) is 5.10. The Morgan fingerprint density at radius 2 is 1.71 bits per heavy atom. The lowest BCUT2D eigenvalue weighted by atomic mass is 10.2. The second-order valence-electron chi connectivity index (χ2n) is 6.87. The van der Waals surface area contributed by atoms with Gasteiger partial charge in [-0.25, -0.2) is 4.98 Å². The molecule has 1 saturated heterocycles. The molecule has 4 rings (SSSR count). The van der Waals surface area contributed by atoms with Crippen LogP contribution in [0, 0.1) is 0 Å². The van der Waals surface area contributed by atoms with Crippen LogP contribution >= 0.6 is 24.0 Å². The van der Waals surface area contributed by atoms with E-state index in [0.29, 0.717) is 11.0 Å². The van der Waals surface area contributed by atoms with E-state index in [1.54, 1.807) is 0 Å². The van der Waals surface area contributed by atoms with Crippen molar-refractivity contribution >= 4 is 52.4 Å². The summed E-state index contributed by atoms with van der Waals surface area (Å²) in [6, 6.07) is 15.7. The first-order chi connectivity index (χ1) is 13.3. The van der Waals surface area contributed by atoms with Gasteiger partial charge < -0.3 is 15.5 Å². The van der Waals surface area contributed by atoms with Crippen molar-refractivity contribution in [2.75, 3.05) is 36.8 Å². The molecular weight excluding hydrogens is 393 g/mol. The van der Waals surface area contributed by atoms with E-state index in [4.69, 9.17) is 16.6 Å². The van der Waals surface area contributed by atoms with Gasteiger partial charge in [0.25, 0.3) is 0 Å². The highest BCUT2D eigenvalue weighted by atomic mass is 35.5. The van der Waals surface area contributed by atoms with Crippen molar-refractivity contribution in [3.63, 3.8) is 0 Å². The number of likely N-dealkylation sites (tertiary alicyclic amines) is 1. The molecule has 1 fully saturated rings. The van der Waals surface area contributed by atoms with Gasteiger partial charge in [0.1, 0.15) is 5.82 Å². The van der Waals surface area contributed by atoms with Crippen LogP contribution in [0.25, 0.3) is 10.9 Å². The minimum absolute atomic E-state index is 0. The van der Waals surface area contributed by atoms with Crippen LogP contribution in [-0.2, 0) is 0 Å². The van der Waals surface area contributed by atoms with Crippen LogP contribution in [0.2, 0.25) is 5.02 Å². The molecule has 28 heavy (non-hydrogen) atoms. The smallest absolute Gasteiger partial charge is 0.225 e. The van der Waals surface area contributed by atoms with Crippen LogP contribution in [0.5, 0.6) is 0 Å². The zero-order valence-corrected chi connectivity index (χ0v) is 17.3. The van der Waals surface area contributed by atoms with E-state index in [9.17, 15) is 0 Å². The Morgan fingerprint density at radius 3 is 2.50 bits per heavy atom. The summed E-state index contributed by atoms with van der Waals surface area (Å²) in [6.07, 6.45) is 3.76. The van der Waals surface area contributed by atoms with Crippen molar-refractivity contribution in [3.8, 4) is 0 Å². The Balaban J connectivity index is 0.00000225. The zero-order chi connectivity index (χ0) is 18.5. The van der Waals surface area contributed by atoms with Gasteiger partial charge in [0, 0.05) is 22.6 Å². The molecule has 1 aromatic heterocycles. The Hall–Kier alpha value is -2.08. The third kappa shape index (κ3) is 5.25. The van der Waals surface area contributed by atoms with Crippen LogP contribution in [0.15, 0.2) is 48.5 Å². The molecule has 1 aliphatic heterocycles. The summed E-state index contributed by atoms with van der Waals surface area (Å²) in [4.78, 5) is 11.9. The van der Waals surface area contributed by atoms with Crippen LogP contribution in [0.3, 0.4) is 0 Å². The van der Waals surface area contributed by atoms with Gasteiger partial charge in [0.2, 0.25) is 5.95 Å². The summed E-state index contributed by atoms with van der Waals surface area (Å²) in [6.45, 7) is 4.48. The topological polar surface area (TPSA) is 53.1 Å². The van der Waals surface area contributed by atoms with Crippen LogP contribution in [-0.4, -0.2) is 41.0 Å². The van der Waals surface area contributed by atoms with Crippen molar-refractivity contribution in [2.45, 2.75) is 19.3 Å². The maximum absolute atomic E-state index is 5.99. The Labute approximate surface area is 176 Å². The third-order valence-electron chi connectivity index (χ3n) is 4.84. The van der Waals surface area contributed by atoms with Gasteiger partial charge in [0.05, 0.1) is 5.52 Å². The van der Waals surface area contributed by atoms with Gasteiger partial charge in [-0.1, -0.05) is 23.7 Å². The number of anilines is 3. The molecule has 0 unspecified atom stereocenters. The van der Waals surface area contributed by atoms with Gasteiger partial charge in [-0.05, 0) is 75.3 Å². The predicted molar refractivity (Wildman–Crippen MR) is 120 cm³/mol. The standard InChI is InChI=1S/C21H24ClN5.ClH/c22-16-8-10-17(11-9-16)24-20-18-6-1-2-7-19(18)25-21(26-20)23-12-5-15-27-13-3-4-14-27;/h1-2,6-11H,3-5,12-15H2,(H2,23,24,25,26);1H. The Bertz CT molecular complexity index is 895. The van der Waals surface area contributed by atoms with Gasteiger partial charge in [-0.15, -0.1) is 12.4 Å². The minimum Gasteiger partial charge on any atom is -0.354 e. The average Bonchev–Trinajstić information content (AvgIpc) is 3.21. The number of hydrogen-bond donors (Lipinski definition) is 2. The maximum Gasteiger partial charge on any atom is 0.225 e. The van der Waals surface area contributed by atoms with Gasteiger partial charge in [0.15, 0.2) is 0 Å². The van der Waals surface area contributed by atoms with E-state index < -0.39 is 0 Å². The van der Waals surface area contributed by atoms with Gasteiger partial charge >= 0.3 is 0 Å². The van der Waals surface area contributed by atoms with Crippen molar-refractivity contribution < 1.29 is 0 Å². The lowest BCUT2D eigenvalue weighted by Gasteiger charge is -2.15. The van der Waals surface area contributed by atoms with Crippen molar-refractivity contribution in [2.24, 2.45) is 0 Å². The molecule has 0 bridgehead atoms. The monoisotopic (exact) mass is 417 g/mol. The molecule has 0 radical (unpaired) electrons. The SMILES string of the molecule is Cl.Clc1ccc(Nc2nc(NCCCN3CCCC3)nc3ccccc23)cc1. The summed E-state index contributed by atoms with van der Waals surface area (Å²) < 4.78 is 0. The molecule has 5 nitrogen and oxygen atoms in total. The highest BCUT2D eigenvalue weighted by Gasteiger charge is 2.11. The fourth-order valence-corrected chi connectivity index (χ4v) is 3.56. The first kappa shape index (κ1) is 20.6. The molecule has 1 aliphatic rings. The second kappa shape index (κ2) is 9.92. The summed E-state index contributed by atoms with van der Waals surface area (Å²) in [5, 5.41) is 8.49. The molecule has 3 aromatic rings. The predicted octanol–water partition coefficient (Wildman–Crippen LogP) is 5.35. The van der Waals surface area contributed by atoms with E-state index in [1.807, 2.05) is 48.5 Å². The second-order valence-corrected chi connectivity index (χ2v) is 7.31. The normalized spacial score (nSPS) is 14.0. The highest BCUT2D eigenvalue weighted by molar-refractivity contribution is 6.30. The van der Waals surface area contributed by atoms with Crippen LogP contribution < -0.4 is 10.6 Å².